The first kappa shape index (κ1) is 15.4. The van der Waals surface area contributed by atoms with Crippen molar-refractivity contribution < 1.29 is 13.3 Å². The van der Waals surface area contributed by atoms with Gasteiger partial charge in [0.05, 0.1) is 22.4 Å². The van der Waals surface area contributed by atoms with Crippen molar-refractivity contribution in [1.29, 1.82) is 5.26 Å². The molecule has 1 atom stereocenters. The molecule has 0 aliphatic carbocycles. The van der Waals surface area contributed by atoms with E-state index in [2.05, 4.69) is 4.72 Å². The number of non-ortho nitro benzene ring substituents is 1. The van der Waals surface area contributed by atoms with E-state index in [9.17, 15) is 18.5 Å². The number of benzene rings is 1. The molecule has 1 unspecified atom stereocenters. The Kier molecular flexibility index (Phi) is 4.83. The lowest BCUT2D eigenvalue weighted by molar-refractivity contribution is -0.384. The molecule has 1 aromatic carbocycles. The predicted molar refractivity (Wildman–Crippen MR) is 68.1 cm³/mol. The van der Waals surface area contributed by atoms with Crippen LogP contribution in [0, 0.1) is 21.4 Å². The predicted octanol–water partition coefficient (Wildman–Crippen LogP) is 1.83. The largest absolute Gasteiger partial charge is 0.271 e. The number of nitriles is 1. The second-order valence-corrected chi connectivity index (χ2v) is 5.85. The number of nitro groups is 1. The number of nitrogens with zero attached hydrogens (tertiary/aromatic N) is 2. The number of hydrogen-bond acceptors (Lipinski definition) is 5. The summed E-state index contributed by atoms with van der Waals surface area (Å²) in [5.41, 5.74) is -0.297. The van der Waals surface area contributed by atoms with Gasteiger partial charge in [-0.05, 0) is 13.0 Å². The molecule has 0 bridgehead atoms. The van der Waals surface area contributed by atoms with E-state index in [1.807, 2.05) is 6.07 Å². The van der Waals surface area contributed by atoms with Crippen LogP contribution < -0.4 is 4.72 Å². The van der Waals surface area contributed by atoms with Crippen LogP contribution in [0.4, 0.5) is 5.69 Å². The van der Waals surface area contributed by atoms with E-state index in [0.717, 1.165) is 18.2 Å². The van der Waals surface area contributed by atoms with Crippen LogP contribution in [0.25, 0.3) is 0 Å². The second-order valence-electron chi connectivity index (χ2n) is 3.76. The van der Waals surface area contributed by atoms with Crippen LogP contribution in [0.2, 0.25) is 5.02 Å². The molecule has 0 saturated heterocycles. The van der Waals surface area contributed by atoms with Crippen molar-refractivity contribution in [1.82, 2.24) is 4.72 Å². The van der Waals surface area contributed by atoms with Crippen molar-refractivity contribution in [3.8, 4) is 6.07 Å². The fourth-order valence-corrected chi connectivity index (χ4v) is 3.11. The summed E-state index contributed by atoms with van der Waals surface area (Å²) in [4.78, 5) is 9.59. The maximum Gasteiger partial charge on any atom is 0.271 e. The smallest absolute Gasteiger partial charge is 0.258 e. The van der Waals surface area contributed by atoms with Crippen LogP contribution in [0.1, 0.15) is 13.3 Å². The molecule has 1 N–H and O–H groups in total. The van der Waals surface area contributed by atoms with E-state index in [-0.39, 0.29) is 22.0 Å². The van der Waals surface area contributed by atoms with Crippen LogP contribution in [0.3, 0.4) is 0 Å². The molecule has 7 nitrogen and oxygen atoms in total. The average molecular weight is 304 g/mol. The van der Waals surface area contributed by atoms with E-state index in [1.54, 1.807) is 0 Å². The van der Waals surface area contributed by atoms with Crippen LogP contribution in [0.5, 0.6) is 0 Å². The van der Waals surface area contributed by atoms with Crippen molar-refractivity contribution in [3.63, 3.8) is 0 Å². The highest BCUT2D eigenvalue weighted by molar-refractivity contribution is 7.89. The minimum absolute atomic E-state index is 0.00380. The lowest BCUT2D eigenvalue weighted by Gasteiger charge is -2.12. The minimum Gasteiger partial charge on any atom is -0.258 e. The molecule has 0 saturated carbocycles. The van der Waals surface area contributed by atoms with Crippen LogP contribution in [-0.4, -0.2) is 19.4 Å². The fourth-order valence-electron chi connectivity index (χ4n) is 1.33. The van der Waals surface area contributed by atoms with Gasteiger partial charge in [-0.2, -0.15) is 5.26 Å². The summed E-state index contributed by atoms with van der Waals surface area (Å²) in [5, 5.41) is 18.7. The van der Waals surface area contributed by atoms with Crippen molar-refractivity contribution in [2.45, 2.75) is 24.3 Å². The first-order valence-electron chi connectivity index (χ1n) is 5.11. The number of halogens is 1. The molecule has 0 aliphatic rings. The summed E-state index contributed by atoms with van der Waals surface area (Å²) in [6.45, 7) is 1.53. The third kappa shape index (κ3) is 3.89. The summed E-state index contributed by atoms with van der Waals surface area (Å²) in [6, 6.07) is 4.32. The molecule has 19 heavy (non-hydrogen) atoms. The molecular formula is C10H10ClN3O4S. The standard InChI is InChI=1S/C10H10ClN3O4S/c1-7(4-5-12)13-19(17,18)10-3-2-8(14(15)16)6-9(10)11/h2-3,6-7,13H,4H2,1H3. The van der Waals surface area contributed by atoms with Crippen molar-refractivity contribution in [2.75, 3.05) is 0 Å². The Morgan fingerprint density at radius 3 is 2.68 bits per heavy atom. The van der Waals surface area contributed by atoms with Gasteiger partial charge in [0.25, 0.3) is 5.69 Å². The quantitative estimate of drug-likeness (QED) is 0.658. The van der Waals surface area contributed by atoms with Crippen molar-refractivity contribution in [3.05, 3.63) is 33.3 Å². The molecule has 0 aliphatic heterocycles. The van der Waals surface area contributed by atoms with Gasteiger partial charge in [-0.25, -0.2) is 13.1 Å². The lowest BCUT2D eigenvalue weighted by Crippen LogP contribution is -2.32. The topological polar surface area (TPSA) is 113 Å². The van der Waals surface area contributed by atoms with Gasteiger partial charge in [-0.3, -0.25) is 10.1 Å². The van der Waals surface area contributed by atoms with Gasteiger partial charge in [0.1, 0.15) is 4.90 Å². The number of hydrogen-bond donors (Lipinski definition) is 1. The highest BCUT2D eigenvalue weighted by atomic mass is 35.5. The van der Waals surface area contributed by atoms with Crippen LogP contribution in [0.15, 0.2) is 23.1 Å². The summed E-state index contributed by atoms with van der Waals surface area (Å²) < 4.78 is 26.1. The summed E-state index contributed by atoms with van der Waals surface area (Å²) in [6.07, 6.45) is 0.00380. The molecular weight excluding hydrogens is 294 g/mol. The third-order valence-corrected chi connectivity index (χ3v) is 4.24. The maximum absolute atomic E-state index is 11.9. The normalized spacial score (nSPS) is 12.7. The number of rotatable bonds is 5. The molecule has 0 radical (unpaired) electrons. The minimum atomic E-state index is -3.91. The zero-order valence-electron chi connectivity index (χ0n) is 9.83. The number of nitrogens with one attached hydrogen (secondary N) is 1. The Morgan fingerprint density at radius 2 is 2.21 bits per heavy atom. The first-order valence-corrected chi connectivity index (χ1v) is 6.97. The number of nitro benzene ring substituents is 1. The highest BCUT2D eigenvalue weighted by Crippen LogP contribution is 2.26. The lowest BCUT2D eigenvalue weighted by atomic mass is 10.3. The van der Waals surface area contributed by atoms with Crippen LogP contribution in [-0.2, 0) is 10.0 Å². The van der Waals surface area contributed by atoms with Gasteiger partial charge in [-0.15, -0.1) is 0 Å². The van der Waals surface area contributed by atoms with Crippen molar-refractivity contribution in [2.24, 2.45) is 0 Å². The molecule has 0 heterocycles. The Labute approximate surface area is 115 Å². The van der Waals surface area contributed by atoms with E-state index < -0.39 is 21.0 Å². The maximum atomic E-state index is 11.9. The van der Waals surface area contributed by atoms with E-state index >= 15 is 0 Å². The van der Waals surface area contributed by atoms with Gasteiger partial charge in [0, 0.05) is 18.2 Å². The third-order valence-electron chi connectivity index (χ3n) is 2.17. The molecule has 9 heteroatoms. The Hall–Kier alpha value is -1.69. The molecule has 1 rings (SSSR count). The SMILES string of the molecule is CC(CC#N)NS(=O)(=O)c1ccc([N+](=O)[O-])cc1Cl. The van der Waals surface area contributed by atoms with E-state index in [4.69, 9.17) is 16.9 Å². The average Bonchev–Trinajstić information content (AvgIpc) is 2.27. The molecule has 0 fully saturated rings. The molecule has 0 spiro atoms. The van der Waals surface area contributed by atoms with Gasteiger partial charge in [0.2, 0.25) is 10.0 Å². The monoisotopic (exact) mass is 303 g/mol. The zero-order chi connectivity index (χ0) is 14.6. The highest BCUT2D eigenvalue weighted by Gasteiger charge is 2.22. The molecule has 0 amide bonds. The fraction of sp³-hybridized carbons (Fsp3) is 0.300. The van der Waals surface area contributed by atoms with Crippen molar-refractivity contribution >= 4 is 27.3 Å². The van der Waals surface area contributed by atoms with Gasteiger partial charge >= 0.3 is 0 Å². The van der Waals surface area contributed by atoms with E-state index in [1.165, 1.54) is 6.92 Å². The Bertz CT molecular complexity index is 639. The van der Waals surface area contributed by atoms with Gasteiger partial charge in [-0.1, -0.05) is 11.6 Å². The molecule has 1 aromatic rings. The summed E-state index contributed by atoms with van der Waals surface area (Å²) in [7, 11) is -3.91. The van der Waals surface area contributed by atoms with Gasteiger partial charge < -0.3 is 0 Å². The number of sulfonamides is 1. The first-order chi connectivity index (χ1) is 8.77. The summed E-state index contributed by atoms with van der Waals surface area (Å²) in [5.74, 6) is 0. The van der Waals surface area contributed by atoms with Gasteiger partial charge in [0.15, 0.2) is 0 Å². The molecule has 102 valence electrons. The Balaban J connectivity index is 3.09. The van der Waals surface area contributed by atoms with E-state index in [0.29, 0.717) is 0 Å². The molecule has 0 aromatic heterocycles. The summed E-state index contributed by atoms with van der Waals surface area (Å²) >= 11 is 5.73. The Morgan fingerprint density at radius 1 is 1.58 bits per heavy atom. The zero-order valence-corrected chi connectivity index (χ0v) is 11.4. The van der Waals surface area contributed by atoms with Crippen LogP contribution >= 0.6 is 11.6 Å². The second kappa shape index (κ2) is 5.97.